The van der Waals surface area contributed by atoms with Crippen LogP contribution in [0.3, 0.4) is 0 Å². The van der Waals surface area contributed by atoms with Crippen molar-refractivity contribution in [1.29, 1.82) is 0 Å². The summed E-state index contributed by atoms with van der Waals surface area (Å²) in [6.45, 7) is 8.06. The Balaban J connectivity index is 1.93. The lowest BCUT2D eigenvalue weighted by Crippen LogP contribution is -2.39. The van der Waals surface area contributed by atoms with Crippen LogP contribution in [0.15, 0.2) is 35.1 Å². The van der Waals surface area contributed by atoms with Crippen LogP contribution < -0.4 is 0 Å². The summed E-state index contributed by atoms with van der Waals surface area (Å²) in [6, 6.07) is 0. The molecule has 0 radical (unpaired) electrons. The van der Waals surface area contributed by atoms with Gasteiger partial charge in [0.1, 0.15) is 5.76 Å². The minimum Gasteiger partial charge on any atom is -0.423 e. The standard InChI is InChI=1S/C15H16O3/c1-6-8-4-9(8)15(3)5-10-11(13(16)12(6)15)7(2)14(17)18-10/h5,8-9,12-13,16H,1,4H2,2-3H3/t8-,9-,12?,13-,15-/m1/s1. The molecule has 1 aliphatic heterocycles. The van der Waals surface area contributed by atoms with E-state index in [-0.39, 0.29) is 17.3 Å². The van der Waals surface area contributed by atoms with Gasteiger partial charge in [-0.05, 0) is 31.3 Å². The first kappa shape index (κ1) is 10.6. The molecule has 0 aromatic rings. The third kappa shape index (κ3) is 0.948. The van der Waals surface area contributed by atoms with Gasteiger partial charge in [-0.15, -0.1) is 0 Å². The van der Waals surface area contributed by atoms with E-state index in [1.165, 1.54) is 0 Å². The molecule has 1 unspecified atom stereocenters. The number of fused-ring (bicyclic) bond motifs is 4. The van der Waals surface area contributed by atoms with E-state index in [2.05, 4.69) is 19.6 Å². The molecule has 4 aliphatic rings. The lowest BCUT2D eigenvalue weighted by Gasteiger charge is -2.40. The summed E-state index contributed by atoms with van der Waals surface area (Å²) in [6.07, 6.45) is 2.59. The summed E-state index contributed by atoms with van der Waals surface area (Å²) in [5, 5.41) is 10.6. The summed E-state index contributed by atoms with van der Waals surface area (Å²) in [5.74, 6) is 1.44. The molecule has 3 heteroatoms. The molecule has 2 fully saturated rings. The molecule has 5 atom stereocenters. The van der Waals surface area contributed by atoms with Crippen LogP contribution >= 0.6 is 0 Å². The highest BCUT2D eigenvalue weighted by molar-refractivity contribution is 5.94. The molecule has 94 valence electrons. The minimum absolute atomic E-state index is 0.0458. The molecular formula is C15H16O3. The van der Waals surface area contributed by atoms with Crippen molar-refractivity contribution in [1.82, 2.24) is 0 Å². The van der Waals surface area contributed by atoms with E-state index in [0.717, 1.165) is 12.0 Å². The average Bonchev–Trinajstić information content (AvgIpc) is 2.98. The third-order valence-corrected chi connectivity index (χ3v) is 5.37. The highest BCUT2D eigenvalue weighted by atomic mass is 16.5. The molecule has 3 nitrogen and oxygen atoms in total. The number of ether oxygens (including phenoxy) is 1. The van der Waals surface area contributed by atoms with Crippen molar-refractivity contribution in [2.45, 2.75) is 26.4 Å². The van der Waals surface area contributed by atoms with Gasteiger partial charge in [0.05, 0.1) is 6.10 Å². The predicted octanol–water partition coefficient (Wildman–Crippen LogP) is 1.95. The number of esters is 1. The normalized spacial score (nSPS) is 48.5. The second-order valence-corrected chi connectivity index (χ2v) is 6.25. The quantitative estimate of drug-likeness (QED) is 0.523. The van der Waals surface area contributed by atoms with Crippen LogP contribution in [0.4, 0.5) is 0 Å². The zero-order valence-electron chi connectivity index (χ0n) is 10.6. The first-order chi connectivity index (χ1) is 8.45. The van der Waals surface area contributed by atoms with Crippen molar-refractivity contribution in [3.8, 4) is 0 Å². The number of rotatable bonds is 0. The Bertz CT molecular complexity index is 568. The number of carbonyl (C=O) groups excluding carboxylic acids is 1. The minimum atomic E-state index is -0.637. The molecule has 0 saturated heterocycles. The van der Waals surface area contributed by atoms with Crippen LogP contribution in [0, 0.1) is 23.2 Å². The number of aliphatic hydroxyl groups excluding tert-OH is 1. The lowest BCUT2D eigenvalue weighted by atomic mass is 9.66. The van der Waals surface area contributed by atoms with Gasteiger partial charge >= 0.3 is 5.97 Å². The Labute approximate surface area is 106 Å². The smallest absolute Gasteiger partial charge is 0.339 e. The van der Waals surface area contributed by atoms with Crippen molar-refractivity contribution in [3.63, 3.8) is 0 Å². The second kappa shape index (κ2) is 2.80. The molecule has 2 saturated carbocycles. The fourth-order valence-electron chi connectivity index (χ4n) is 4.34. The van der Waals surface area contributed by atoms with E-state index in [4.69, 9.17) is 4.74 Å². The molecule has 4 rings (SSSR count). The second-order valence-electron chi connectivity index (χ2n) is 6.25. The largest absolute Gasteiger partial charge is 0.423 e. The molecular weight excluding hydrogens is 228 g/mol. The lowest BCUT2D eigenvalue weighted by molar-refractivity contribution is -0.133. The number of aliphatic hydroxyl groups is 1. The first-order valence-corrected chi connectivity index (χ1v) is 6.48. The van der Waals surface area contributed by atoms with Crippen molar-refractivity contribution >= 4 is 5.97 Å². The fourth-order valence-corrected chi connectivity index (χ4v) is 4.34. The number of allylic oxidation sites excluding steroid dienone is 1. The van der Waals surface area contributed by atoms with Gasteiger partial charge in [-0.3, -0.25) is 0 Å². The molecule has 0 amide bonds. The van der Waals surface area contributed by atoms with Gasteiger partial charge in [0, 0.05) is 22.5 Å². The van der Waals surface area contributed by atoms with E-state index in [0.29, 0.717) is 28.7 Å². The van der Waals surface area contributed by atoms with Gasteiger partial charge in [-0.1, -0.05) is 19.1 Å². The molecule has 3 aliphatic carbocycles. The Morgan fingerprint density at radius 1 is 1.56 bits per heavy atom. The summed E-state index contributed by atoms with van der Waals surface area (Å²) in [4.78, 5) is 11.6. The van der Waals surface area contributed by atoms with Crippen LogP contribution in [0.5, 0.6) is 0 Å². The van der Waals surface area contributed by atoms with E-state index < -0.39 is 6.10 Å². The fraction of sp³-hybridized carbons (Fsp3) is 0.533. The highest BCUT2D eigenvalue weighted by Crippen LogP contribution is 2.70. The zero-order chi connectivity index (χ0) is 12.8. The van der Waals surface area contributed by atoms with Crippen LogP contribution in [-0.2, 0) is 9.53 Å². The third-order valence-electron chi connectivity index (χ3n) is 5.37. The number of hydrogen-bond donors (Lipinski definition) is 1. The van der Waals surface area contributed by atoms with Crippen LogP contribution in [0.1, 0.15) is 20.3 Å². The van der Waals surface area contributed by atoms with Crippen molar-refractivity contribution in [3.05, 3.63) is 35.1 Å². The van der Waals surface area contributed by atoms with Gasteiger partial charge in [-0.2, -0.15) is 0 Å². The van der Waals surface area contributed by atoms with Crippen molar-refractivity contribution < 1.29 is 14.6 Å². The maximum absolute atomic E-state index is 11.6. The van der Waals surface area contributed by atoms with E-state index in [1.807, 2.05) is 0 Å². The number of hydrogen-bond acceptors (Lipinski definition) is 3. The van der Waals surface area contributed by atoms with Crippen LogP contribution in [-0.4, -0.2) is 17.2 Å². The van der Waals surface area contributed by atoms with Gasteiger partial charge in [0.15, 0.2) is 0 Å². The summed E-state index contributed by atoms with van der Waals surface area (Å²) in [5.41, 5.74) is 2.30. The Morgan fingerprint density at radius 3 is 3.00 bits per heavy atom. The Morgan fingerprint density at radius 2 is 2.28 bits per heavy atom. The van der Waals surface area contributed by atoms with Gasteiger partial charge in [0.2, 0.25) is 0 Å². The first-order valence-electron chi connectivity index (χ1n) is 6.48. The van der Waals surface area contributed by atoms with E-state index in [1.54, 1.807) is 6.92 Å². The molecule has 0 aromatic heterocycles. The molecule has 0 spiro atoms. The van der Waals surface area contributed by atoms with Gasteiger partial charge in [0.25, 0.3) is 0 Å². The van der Waals surface area contributed by atoms with Crippen LogP contribution in [0.25, 0.3) is 0 Å². The van der Waals surface area contributed by atoms with E-state index in [9.17, 15) is 9.90 Å². The van der Waals surface area contributed by atoms with Crippen LogP contribution in [0.2, 0.25) is 0 Å². The highest BCUT2D eigenvalue weighted by Gasteiger charge is 2.66. The topological polar surface area (TPSA) is 46.5 Å². The zero-order valence-corrected chi connectivity index (χ0v) is 10.6. The predicted molar refractivity (Wildman–Crippen MR) is 65.2 cm³/mol. The van der Waals surface area contributed by atoms with Crippen molar-refractivity contribution in [2.75, 3.05) is 0 Å². The van der Waals surface area contributed by atoms with Gasteiger partial charge in [-0.25, -0.2) is 4.79 Å². The Kier molecular flexibility index (Phi) is 1.64. The monoisotopic (exact) mass is 244 g/mol. The average molecular weight is 244 g/mol. The van der Waals surface area contributed by atoms with E-state index >= 15 is 0 Å². The van der Waals surface area contributed by atoms with Crippen molar-refractivity contribution in [2.24, 2.45) is 23.2 Å². The maximum atomic E-state index is 11.6. The summed E-state index contributed by atoms with van der Waals surface area (Å²) in [7, 11) is 0. The summed E-state index contributed by atoms with van der Waals surface area (Å²) >= 11 is 0. The SMILES string of the molecule is C=C1C2[C@H](O)C3=C(C)C(=O)OC3=C[C@]2(C)[C@@H]2C[C@H]12. The van der Waals surface area contributed by atoms with Gasteiger partial charge < -0.3 is 9.84 Å². The molecule has 0 aromatic carbocycles. The molecule has 0 bridgehead atoms. The molecule has 1 N–H and O–H groups in total. The molecule has 18 heavy (non-hydrogen) atoms. The maximum Gasteiger partial charge on any atom is 0.339 e. The molecule has 1 heterocycles. The summed E-state index contributed by atoms with van der Waals surface area (Å²) < 4.78 is 5.28. The Hall–Kier alpha value is -1.35. The number of carbonyl (C=O) groups is 1.